The lowest BCUT2D eigenvalue weighted by molar-refractivity contribution is -0.128. The highest BCUT2D eigenvalue weighted by molar-refractivity contribution is 9.10. The third-order valence-corrected chi connectivity index (χ3v) is 4.17. The van der Waals surface area contributed by atoms with Crippen molar-refractivity contribution < 1.29 is 9.18 Å². The van der Waals surface area contributed by atoms with Crippen LogP contribution in [0, 0.1) is 35.4 Å². The van der Waals surface area contributed by atoms with Crippen LogP contribution in [0.2, 0.25) is 0 Å². The van der Waals surface area contributed by atoms with Gasteiger partial charge < -0.3 is 5.32 Å². The van der Waals surface area contributed by atoms with Crippen molar-refractivity contribution in [3.63, 3.8) is 0 Å². The second kappa shape index (κ2) is 4.93. The van der Waals surface area contributed by atoms with Gasteiger partial charge in [-0.05, 0) is 59.3 Å². The molecule has 1 aromatic rings. The highest BCUT2D eigenvalue weighted by Crippen LogP contribution is 2.45. The molecule has 100 valence electrons. The lowest BCUT2D eigenvalue weighted by Gasteiger charge is -2.39. The number of rotatable bonds is 2. The molecule has 0 saturated heterocycles. The molecule has 1 aromatic carbocycles. The van der Waals surface area contributed by atoms with E-state index in [2.05, 4.69) is 27.3 Å². The summed E-state index contributed by atoms with van der Waals surface area (Å²) in [5.74, 6) is -0.274. The van der Waals surface area contributed by atoms with Gasteiger partial charge in [-0.3, -0.25) is 4.79 Å². The molecule has 1 saturated carbocycles. The van der Waals surface area contributed by atoms with Crippen molar-refractivity contribution in [3.8, 4) is 6.07 Å². The Hall–Kier alpha value is -1.41. The monoisotopic (exact) mass is 324 g/mol. The van der Waals surface area contributed by atoms with E-state index in [0.717, 1.165) is 0 Å². The van der Waals surface area contributed by atoms with Crippen LogP contribution in [-0.2, 0) is 4.79 Å². The zero-order valence-electron chi connectivity index (χ0n) is 10.8. The largest absolute Gasteiger partial charge is 0.324 e. The van der Waals surface area contributed by atoms with Gasteiger partial charge in [0.15, 0.2) is 0 Å². The number of halogens is 2. The number of amides is 1. The SMILES string of the molecule is Cc1cc(F)c(Br)cc1NC(=O)C1(C#N)CC(C)C1. The summed E-state index contributed by atoms with van der Waals surface area (Å²) in [6.07, 6.45) is 1.16. The van der Waals surface area contributed by atoms with E-state index in [9.17, 15) is 14.4 Å². The second-order valence-corrected chi connectivity index (χ2v) is 6.10. The van der Waals surface area contributed by atoms with Crippen LogP contribution in [0.25, 0.3) is 0 Å². The van der Waals surface area contributed by atoms with Crippen molar-refractivity contribution in [1.29, 1.82) is 5.26 Å². The fraction of sp³-hybridized carbons (Fsp3) is 0.429. The quantitative estimate of drug-likeness (QED) is 0.900. The summed E-state index contributed by atoms with van der Waals surface area (Å²) in [5.41, 5.74) is 0.245. The van der Waals surface area contributed by atoms with E-state index >= 15 is 0 Å². The Kier molecular flexibility index (Phi) is 3.64. The minimum Gasteiger partial charge on any atom is -0.324 e. The first-order valence-corrected chi connectivity index (χ1v) is 6.85. The molecule has 1 amide bonds. The maximum Gasteiger partial charge on any atom is 0.244 e. The Bertz CT molecular complexity index is 574. The molecule has 3 nitrogen and oxygen atoms in total. The Balaban J connectivity index is 2.20. The number of anilines is 1. The fourth-order valence-corrected chi connectivity index (χ4v) is 2.82. The number of aryl methyl sites for hydroxylation is 1. The summed E-state index contributed by atoms with van der Waals surface area (Å²) in [7, 11) is 0. The number of carbonyl (C=O) groups excluding carboxylic acids is 1. The van der Waals surface area contributed by atoms with Crippen LogP contribution in [0.1, 0.15) is 25.3 Å². The van der Waals surface area contributed by atoms with Gasteiger partial charge in [-0.25, -0.2) is 4.39 Å². The predicted octanol–water partition coefficient (Wildman–Crippen LogP) is 3.78. The van der Waals surface area contributed by atoms with Crippen LogP contribution in [-0.4, -0.2) is 5.91 Å². The van der Waals surface area contributed by atoms with Gasteiger partial charge in [-0.2, -0.15) is 5.26 Å². The standard InChI is InChI=1S/C14H14BrFN2O/c1-8-5-14(6-8,7-17)13(19)18-12-4-10(15)11(16)3-9(12)2/h3-4,8H,5-6H2,1-2H3,(H,18,19). The van der Waals surface area contributed by atoms with Gasteiger partial charge in [-0.15, -0.1) is 0 Å². The van der Waals surface area contributed by atoms with Gasteiger partial charge in [0, 0.05) is 5.69 Å². The Morgan fingerprint density at radius 3 is 2.74 bits per heavy atom. The van der Waals surface area contributed by atoms with Crippen molar-refractivity contribution in [3.05, 3.63) is 28.0 Å². The number of benzene rings is 1. The van der Waals surface area contributed by atoms with E-state index in [1.807, 2.05) is 6.92 Å². The fourth-order valence-electron chi connectivity index (χ4n) is 2.48. The van der Waals surface area contributed by atoms with Gasteiger partial charge in [0.05, 0.1) is 10.5 Å². The van der Waals surface area contributed by atoms with Gasteiger partial charge in [-0.1, -0.05) is 6.92 Å². The molecule has 1 N–H and O–H groups in total. The molecule has 0 aromatic heterocycles. The number of carbonyl (C=O) groups is 1. The summed E-state index contributed by atoms with van der Waals surface area (Å²) in [6, 6.07) is 4.99. The minimum atomic E-state index is -0.924. The molecule has 0 spiro atoms. The molecule has 2 rings (SSSR count). The molecule has 1 aliphatic carbocycles. The molecule has 0 radical (unpaired) electrons. The van der Waals surface area contributed by atoms with Crippen molar-refractivity contribution in [1.82, 2.24) is 0 Å². The summed E-state index contributed by atoms with van der Waals surface area (Å²) >= 11 is 3.09. The number of hydrogen-bond acceptors (Lipinski definition) is 2. The van der Waals surface area contributed by atoms with E-state index < -0.39 is 5.41 Å². The van der Waals surface area contributed by atoms with Crippen LogP contribution < -0.4 is 5.32 Å². The maximum absolute atomic E-state index is 13.3. The lowest BCUT2D eigenvalue weighted by atomic mass is 9.63. The zero-order chi connectivity index (χ0) is 14.2. The van der Waals surface area contributed by atoms with Crippen molar-refractivity contribution in [2.75, 3.05) is 5.32 Å². The summed E-state index contributed by atoms with van der Waals surface area (Å²) < 4.78 is 13.6. The van der Waals surface area contributed by atoms with Crippen LogP contribution in [0.4, 0.5) is 10.1 Å². The molecule has 1 fully saturated rings. The zero-order valence-corrected chi connectivity index (χ0v) is 12.3. The molecule has 0 aliphatic heterocycles. The van der Waals surface area contributed by atoms with Crippen molar-refractivity contribution in [2.24, 2.45) is 11.3 Å². The molecule has 1 aliphatic rings. The highest BCUT2D eigenvalue weighted by atomic mass is 79.9. The number of nitrogens with zero attached hydrogens (tertiary/aromatic N) is 1. The van der Waals surface area contributed by atoms with Gasteiger partial charge in [0.25, 0.3) is 0 Å². The van der Waals surface area contributed by atoms with E-state index in [0.29, 0.717) is 34.5 Å². The number of hydrogen-bond donors (Lipinski definition) is 1. The summed E-state index contributed by atoms with van der Waals surface area (Å²) in [6.45, 7) is 3.73. The van der Waals surface area contributed by atoms with Gasteiger partial charge >= 0.3 is 0 Å². The first-order valence-electron chi connectivity index (χ1n) is 6.06. The second-order valence-electron chi connectivity index (χ2n) is 5.24. The third-order valence-electron chi connectivity index (χ3n) is 3.56. The van der Waals surface area contributed by atoms with Crippen LogP contribution in [0.3, 0.4) is 0 Å². The van der Waals surface area contributed by atoms with Crippen LogP contribution in [0.15, 0.2) is 16.6 Å². The van der Waals surface area contributed by atoms with E-state index in [1.165, 1.54) is 12.1 Å². The van der Waals surface area contributed by atoms with E-state index in [-0.39, 0.29) is 11.7 Å². The Morgan fingerprint density at radius 2 is 2.21 bits per heavy atom. The highest BCUT2D eigenvalue weighted by Gasteiger charge is 2.49. The Labute approximate surface area is 119 Å². The molecule has 0 heterocycles. The predicted molar refractivity (Wildman–Crippen MR) is 73.9 cm³/mol. The smallest absolute Gasteiger partial charge is 0.244 e. The van der Waals surface area contributed by atoms with Gasteiger partial charge in [0.2, 0.25) is 5.91 Å². The van der Waals surface area contributed by atoms with E-state index in [4.69, 9.17) is 0 Å². The third kappa shape index (κ3) is 2.50. The first-order chi connectivity index (χ1) is 8.88. The summed E-state index contributed by atoms with van der Waals surface area (Å²) in [5, 5.41) is 11.9. The molecule has 5 heteroatoms. The summed E-state index contributed by atoms with van der Waals surface area (Å²) in [4.78, 5) is 12.2. The van der Waals surface area contributed by atoms with Gasteiger partial charge in [0.1, 0.15) is 11.2 Å². The normalized spacial score (nSPS) is 25.3. The van der Waals surface area contributed by atoms with Crippen molar-refractivity contribution >= 4 is 27.5 Å². The van der Waals surface area contributed by atoms with E-state index in [1.54, 1.807) is 6.92 Å². The molecule has 0 unspecified atom stereocenters. The van der Waals surface area contributed by atoms with Crippen LogP contribution >= 0.6 is 15.9 Å². The Morgan fingerprint density at radius 1 is 1.58 bits per heavy atom. The molecule has 19 heavy (non-hydrogen) atoms. The first kappa shape index (κ1) is 14.0. The number of nitrogens with one attached hydrogen (secondary N) is 1. The molecule has 0 atom stereocenters. The van der Waals surface area contributed by atoms with Crippen molar-refractivity contribution in [2.45, 2.75) is 26.7 Å². The minimum absolute atomic E-state index is 0.293. The maximum atomic E-state index is 13.3. The average molecular weight is 325 g/mol. The number of nitriles is 1. The average Bonchev–Trinajstić information content (AvgIpc) is 2.31. The lowest BCUT2D eigenvalue weighted by Crippen LogP contribution is -2.45. The van der Waals surface area contributed by atoms with Crippen LogP contribution in [0.5, 0.6) is 0 Å². The molecular weight excluding hydrogens is 311 g/mol. The molecular formula is C14H14BrFN2O. The topological polar surface area (TPSA) is 52.9 Å². The molecule has 0 bridgehead atoms.